The van der Waals surface area contributed by atoms with Gasteiger partial charge in [-0.05, 0) is 28.3 Å². The van der Waals surface area contributed by atoms with Crippen LogP contribution in [0.25, 0.3) is 32.8 Å². The van der Waals surface area contributed by atoms with Crippen LogP contribution in [0.3, 0.4) is 0 Å². The second kappa shape index (κ2) is 5.67. The number of phenols is 1. The number of benzene rings is 3. The third kappa shape index (κ3) is 2.37. The van der Waals surface area contributed by atoms with E-state index in [9.17, 15) is 5.11 Å². The molecule has 1 N–H and O–H groups in total. The summed E-state index contributed by atoms with van der Waals surface area (Å²) in [6, 6.07) is 22.0. The van der Waals surface area contributed by atoms with Crippen LogP contribution in [-0.2, 0) is 5.33 Å². The quantitative estimate of drug-likeness (QED) is 0.466. The van der Waals surface area contributed by atoms with Crippen molar-refractivity contribution in [2.45, 2.75) is 5.33 Å². The number of alkyl halides is 1. The van der Waals surface area contributed by atoms with E-state index in [1.807, 2.05) is 36.4 Å². The van der Waals surface area contributed by atoms with E-state index in [0.717, 1.165) is 38.5 Å². The van der Waals surface area contributed by atoms with Gasteiger partial charge >= 0.3 is 0 Å². The van der Waals surface area contributed by atoms with Gasteiger partial charge in [0.25, 0.3) is 0 Å². The van der Waals surface area contributed by atoms with Gasteiger partial charge in [-0.2, -0.15) is 0 Å². The number of hydrogen-bond acceptors (Lipinski definition) is 2. The van der Waals surface area contributed by atoms with Crippen LogP contribution < -0.4 is 0 Å². The number of aromatic hydroxyl groups is 1. The number of fused-ring (bicyclic) bond motifs is 2. The molecule has 0 aliphatic heterocycles. The zero-order valence-electron chi connectivity index (χ0n) is 12.3. The first-order valence-electron chi connectivity index (χ1n) is 7.43. The summed E-state index contributed by atoms with van der Waals surface area (Å²) in [5.74, 6) is 0.257. The topological polar surface area (TPSA) is 33.1 Å². The lowest BCUT2D eigenvalue weighted by Gasteiger charge is -2.13. The first-order chi connectivity index (χ1) is 11.3. The molecule has 0 aliphatic rings. The smallest absolute Gasteiger partial charge is 0.125 e. The average molecular weight is 364 g/mol. The minimum absolute atomic E-state index is 0.257. The van der Waals surface area contributed by atoms with Crippen molar-refractivity contribution >= 4 is 37.5 Å². The standard InChI is InChI=1S/C20H14BrNO/c21-12-15-11-14-6-2-4-8-17(14)20(22-15)19-16-7-3-1-5-13(16)9-10-18(19)23/h1-11,23H,12H2. The Bertz CT molecular complexity index is 1030. The molecular formula is C20H14BrNO. The molecule has 0 fully saturated rings. The molecule has 23 heavy (non-hydrogen) atoms. The lowest BCUT2D eigenvalue weighted by molar-refractivity contribution is 0.478. The summed E-state index contributed by atoms with van der Waals surface area (Å²) in [6.07, 6.45) is 0. The minimum atomic E-state index is 0.257. The maximum Gasteiger partial charge on any atom is 0.125 e. The predicted molar refractivity (Wildman–Crippen MR) is 99.0 cm³/mol. The van der Waals surface area contributed by atoms with E-state index in [1.165, 1.54) is 0 Å². The lowest BCUT2D eigenvalue weighted by Crippen LogP contribution is -1.93. The van der Waals surface area contributed by atoms with Crippen LogP contribution >= 0.6 is 15.9 Å². The summed E-state index contributed by atoms with van der Waals surface area (Å²) in [4.78, 5) is 4.79. The first kappa shape index (κ1) is 14.2. The van der Waals surface area contributed by atoms with Gasteiger partial charge in [0.15, 0.2) is 0 Å². The summed E-state index contributed by atoms with van der Waals surface area (Å²) < 4.78 is 0. The zero-order chi connectivity index (χ0) is 15.8. The SMILES string of the molecule is Oc1ccc2ccccc2c1-c1nc(CBr)cc2ccccc12. The maximum atomic E-state index is 10.5. The van der Waals surface area contributed by atoms with Crippen LogP contribution in [0.5, 0.6) is 5.75 Å². The highest BCUT2D eigenvalue weighted by Gasteiger charge is 2.14. The summed E-state index contributed by atoms with van der Waals surface area (Å²) in [5.41, 5.74) is 2.57. The van der Waals surface area contributed by atoms with E-state index < -0.39 is 0 Å². The molecule has 0 unspecified atom stereocenters. The van der Waals surface area contributed by atoms with Gasteiger partial charge in [0, 0.05) is 10.7 Å². The van der Waals surface area contributed by atoms with Crippen LogP contribution in [0, 0.1) is 0 Å². The van der Waals surface area contributed by atoms with E-state index in [2.05, 4.69) is 40.2 Å². The fourth-order valence-corrected chi connectivity index (χ4v) is 3.31. The van der Waals surface area contributed by atoms with E-state index in [0.29, 0.717) is 5.33 Å². The molecule has 0 saturated heterocycles. The Balaban J connectivity index is 2.16. The molecule has 0 bridgehead atoms. The van der Waals surface area contributed by atoms with Crippen LogP contribution in [0.15, 0.2) is 66.7 Å². The molecule has 0 radical (unpaired) electrons. The van der Waals surface area contributed by atoms with Crippen molar-refractivity contribution in [1.29, 1.82) is 0 Å². The number of halogens is 1. The second-order valence-electron chi connectivity index (χ2n) is 5.50. The van der Waals surface area contributed by atoms with Gasteiger partial charge in [0.1, 0.15) is 5.75 Å². The van der Waals surface area contributed by atoms with Crippen LogP contribution in [0.1, 0.15) is 5.69 Å². The normalized spacial score (nSPS) is 11.2. The Morgan fingerprint density at radius 2 is 1.52 bits per heavy atom. The van der Waals surface area contributed by atoms with Crippen LogP contribution in [0.2, 0.25) is 0 Å². The highest BCUT2D eigenvalue weighted by Crippen LogP contribution is 2.39. The Morgan fingerprint density at radius 1 is 0.826 bits per heavy atom. The van der Waals surface area contributed by atoms with E-state index >= 15 is 0 Å². The molecule has 0 atom stereocenters. The molecule has 3 aromatic carbocycles. The molecule has 2 nitrogen and oxygen atoms in total. The maximum absolute atomic E-state index is 10.5. The van der Waals surface area contributed by atoms with Gasteiger partial charge in [-0.3, -0.25) is 4.98 Å². The summed E-state index contributed by atoms with van der Waals surface area (Å²) >= 11 is 3.49. The largest absolute Gasteiger partial charge is 0.507 e. The Kier molecular flexibility index (Phi) is 3.50. The fourth-order valence-electron chi connectivity index (χ4n) is 3.02. The van der Waals surface area contributed by atoms with E-state index in [4.69, 9.17) is 4.98 Å². The van der Waals surface area contributed by atoms with Gasteiger partial charge in [0.2, 0.25) is 0 Å². The van der Waals surface area contributed by atoms with Gasteiger partial charge in [-0.15, -0.1) is 0 Å². The van der Waals surface area contributed by atoms with Gasteiger partial charge < -0.3 is 5.11 Å². The highest BCUT2D eigenvalue weighted by molar-refractivity contribution is 9.08. The number of hydrogen-bond donors (Lipinski definition) is 1. The van der Waals surface area contributed by atoms with Crippen molar-refractivity contribution in [3.63, 3.8) is 0 Å². The first-order valence-corrected chi connectivity index (χ1v) is 8.56. The minimum Gasteiger partial charge on any atom is -0.507 e. The molecule has 4 rings (SSSR count). The number of phenolic OH excluding ortho intramolecular Hbond substituents is 1. The van der Waals surface area contributed by atoms with Crippen LogP contribution in [0.4, 0.5) is 0 Å². The fraction of sp³-hybridized carbons (Fsp3) is 0.0500. The van der Waals surface area contributed by atoms with Crippen molar-refractivity contribution in [3.8, 4) is 17.0 Å². The third-order valence-corrected chi connectivity index (χ3v) is 4.65. The molecule has 1 aromatic heterocycles. The van der Waals surface area contributed by atoms with Crippen LogP contribution in [-0.4, -0.2) is 10.1 Å². The third-order valence-electron chi connectivity index (χ3n) is 4.07. The molecule has 0 aliphatic carbocycles. The molecule has 112 valence electrons. The van der Waals surface area contributed by atoms with Crippen molar-refractivity contribution < 1.29 is 5.11 Å². The summed E-state index contributed by atoms with van der Waals surface area (Å²) in [5, 5.41) is 15.5. The zero-order valence-corrected chi connectivity index (χ0v) is 13.9. The van der Waals surface area contributed by atoms with Crippen molar-refractivity contribution in [3.05, 3.63) is 72.4 Å². The van der Waals surface area contributed by atoms with Crippen molar-refractivity contribution in [2.24, 2.45) is 0 Å². The molecule has 4 aromatic rings. The number of nitrogens with zero attached hydrogens (tertiary/aromatic N) is 1. The van der Waals surface area contributed by atoms with Gasteiger partial charge in [-0.1, -0.05) is 70.5 Å². The van der Waals surface area contributed by atoms with Gasteiger partial charge in [-0.25, -0.2) is 0 Å². The van der Waals surface area contributed by atoms with Crippen molar-refractivity contribution in [1.82, 2.24) is 4.98 Å². The number of aromatic nitrogens is 1. The Labute approximate surface area is 142 Å². The van der Waals surface area contributed by atoms with Crippen molar-refractivity contribution in [2.75, 3.05) is 0 Å². The average Bonchev–Trinajstić information content (AvgIpc) is 2.61. The monoisotopic (exact) mass is 363 g/mol. The van der Waals surface area contributed by atoms with E-state index in [-0.39, 0.29) is 5.75 Å². The lowest BCUT2D eigenvalue weighted by atomic mass is 9.97. The summed E-state index contributed by atoms with van der Waals surface area (Å²) in [6.45, 7) is 0. The number of pyridine rings is 1. The molecule has 0 saturated carbocycles. The number of rotatable bonds is 2. The Morgan fingerprint density at radius 3 is 2.30 bits per heavy atom. The molecule has 0 amide bonds. The molecule has 3 heteroatoms. The highest BCUT2D eigenvalue weighted by atomic mass is 79.9. The predicted octanol–water partition coefficient (Wildman–Crippen LogP) is 5.66. The molecule has 0 spiro atoms. The van der Waals surface area contributed by atoms with E-state index in [1.54, 1.807) is 6.07 Å². The molecule has 1 heterocycles. The van der Waals surface area contributed by atoms with Gasteiger partial charge in [0.05, 0.1) is 17.0 Å². The summed E-state index contributed by atoms with van der Waals surface area (Å²) in [7, 11) is 0. The second-order valence-corrected chi connectivity index (χ2v) is 6.06. The Hall–Kier alpha value is -2.39. The molecular weight excluding hydrogens is 350 g/mol.